The van der Waals surface area contributed by atoms with E-state index in [0.717, 1.165) is 12.1 Å². The minimum absolute atomic E-state index is 0.0675. The Hall–Kier alpha value is -2.71. The maximum Gasteiger partial charge on any atom is 0.299 e. The molecule has 0 saturated carbocycles. The second-order valence-corrected chi connectivity index (χ2v) is 5.73. The van der Waals surface area contributed by atoms with Crippen molar-refractivity contribution in [2.75, 3.05) is 11.9 Å². The van der Waals surface area contributed by atoms with Gasteiger partial charge >= 0.3 is 0 Å². The summed E-state index contributed by atoms with van der Waals surface area (Å²) in [7, 11) is 0. The van der Waals surface area contributed by atoms with Crippen LogP contribution in [-0.2, 0) is 5.60 Å². The van der Waals surface area contributed by atoms with Crippen molar-refractivity contribution >= 4 is 28.7 Å². The molecule has 0 spiro atoms. The number of rotatable bonds is 6. The van der Waals surface area contributed by atoms with Crippen LogP contribution in [0.1, 0.15) is 12.5 Å². The summed E-state index contributed by atoms with van der Waals surface area (Å²) in [5.41, 5.74) is -1.69. The fourth-order valence-corrected chi connectivity index (χ4v) is 2.53. The van der Waals surface area contributed by atoms with Crippen molar-refractivity contribution in [3.05, 3.63) is 73.3 Å². The number of nitrogens with zero attached hydrogens (tertiary/aromatic N) is 2. The summed E-state index contributed by atoms with van der Waals surface area (Å²) in [5.74, 6) is 0. The normalized spacial score (nSPS) is 13.1. The fourth-order valence-electron chi connectivity index (χ4n) is 2.19. The van der Waals surface area contributed by atoms with Gasteiger partial charge < -0.3 is 10.4 Å². The molecule has 2 rings (SSSR count). The van der Waals surface area contributed by atoms with E-state index in [1.165, 1.54) is 13.0 Å². The molecular formula is C15H14ClN3O5. The van der Waals surface area contributed by atoms with E-state index in [1.807, 2.05) is 0 Å². The lowest BCUT2D eigenvalue weighted by Gasteiger charge is -2.25. The van der Waals surface area contributed by atoms with E-state index in [-0.39, 0.29) is 17.9 Å². The van der Waals surface area contributed by atoms with Crippen LogP contribution in [0.4, 0.5) is 17.1 Å². The number of hydrogen-bond donors (Lipinski definition) is 2. The van der Waals surface area contributed by atoms with E-state index in [0.29, 0.717) is 10.6 Å². The maximum absolute atomic E-state index is 11.1. The van der Waals surface area contributed by atoms with Crippen LogP contribution in [-0.4, -0.2) is 21.5 Å². The summed E-state index contributed by atoms with van der Waals surface area (Å²) in [6, 6.07) is 9.96. The molecule has 0 aliphatic heterocycles. The van der Waals surface area contributed by atoms with Crippen molar-refractivity contribution in [1.82, 2.24) is 0 Å². The first-order chi connectivity index (χ1) is 11.2. The van der Waals surface area contributed by atoms with Crippen LogP contribution in [0.5, 0.6) is 0 Å². The van der Waals surface area contributed by atoms with Crippen LogP contribution >= 0.6 is 11.6 Å². The summed E-state index contributed by atoms with van der Waals surface area (Å²) in [5, 5.41) is 35.5. The Morgan fingerprint density at radius 3 is 2.42 bits per heavy atom. The van der Waals surface area contributed by atoms with Crippen molar-refractivity contribution in [3.8, 4) is 0 Å². The van der Waals surface area contributed by atoms with Crippen LogP contribution in [0, 0.1) is 20.2 Å². The third-order valence-electron chi connectivity index (χ3n) is 3.47. The number of nitrogens with one attached hydrogen (secondary N) is 1. The Morgan fingerprint density at radius 2 is 1.83 bits per heavy atom. The first kappa shape index (κ1) is 17.6. The monoisotopic (exact) mass is 351 g/mol. The molecule has 0 aliphatic carbocycles. The Kier molecular flexibility index (Phi) is 5.01. The van der Waals surface area contributed by atoms with Crippen molar-refractivity contribution in [3.63, 3.8) is 0 Å². The minimum Gasteiger partial charge on any atom is -0.384 e. The van der Waals surface area contributed by atoms with Gasteiger partial charge in [-0.2, -0.15) is 0 Å². The SMILES string of the molecule is CC(O)(CNc1ccc([N+](=O)[O-])cc1[N+](=O)[O-])c1ccccc1Cl. The predicted octanol–water partition coefficient (Wildman–Crippen LogP) is 3.48. The lowest BCUT2D eigenvalue weighted by atomic mass is 9.96. The average Bonchev–Trinajstić information content (AvgIpc) is 2.52. The van der Waals surface area contributed by atoms with Gasteiger partial charge in [0.1, 0.15) is 11.3 Å². The average molecular weight is 352 g/mol. The number of benzene rings is 2. The Labute approximate surface area is 142 Å². The summed E-state index contributed by atoms with van der Waals surface area (Å²) >= 11 is 6.06. The van der Waals surface area contributed by atoms with Crippen LogP contribution < -0.4 is 5.32 Å². The smallest absolute Gasteiger partial charge is 0.299 e. The Morgan fingerprint density at radius 1 is 1.17 bits per heavy atom. The summed E-state index contributed by atoms with van der Waals surface area (Å²) in [6.45, 7) is 1.44. The lowest BCUT2D eigenvalue weighted by molar-refractivity contribution is -0.393. The highest BCUT2D eigenvalue weighted by Crippen LogP contribution is 2.32. The van der Waals surface area contributed by atoms with Gasteiger partial charge in [0.15, 0.2) is 0 Å². The van der Waals surface area contributed by atoms with Crippen LogP contribution in [0.3, 0.4) is 0 Å². The number of nitro benzene ring substituents is 2. The number of hydrogen-bond acceptors (Lipinski definition) is 6. The molecule has 0 amide bonds. The number of aliphatic hydroxyl groups is 1. The number of anilines is 1. The second kappa shape index (κ2) is 6.81. The largest absolute Gasteiger partial charge is 0.384 e. The molecule has 126 valence electrons. The fraction of sp³-hybridized carbons (Fsp3) is 0.200. The first-order valence-electron chi connectivity index (χ1n) is 6.86. The quantitative estimate of drug-likeness (QED) is 0.607. The summed E-state index contributed by atoms with van der Waals surface area (Å²) in [6.07, 6.45) is 0. The number of nitro groups is 2. The molecule has 2 aromatic carbocycles. The van der Waals surface area contributed by atoms with Gasteiger partial charge in [-0.1, -0.05) is 29.8 Å². The lowest BCUT2D eigenvalue weighted by Crippen LogP contribution is -2.31. The molecule has 8 nitrogen and oxygen atoms in total. The second-order valence-electron chi connectivity index (χ2n) is 5.32. The standard InChI is InChI=1S/C15H14ClN3O5/c1-15(20,11-4-2-3-5-12(11)16)9-17-13-7-6-10(18(21)22)8-14(13)19(23)24/h2-8,17,20H,9H2,1H3. The van der Waals surface area contributed by atoms with E-state index in [1.54, 1.807) is 24.3 Å². The molecule has 0 radical (unpaired) electrons. The molecule has 0 saturated heterocycles. The molecule has 1 atom stereocenters. The molecule has 0 aliphatic rings. The maximum atomic E-state index is 11.1. The van der Waals surface area contributed by atoms with Crippen LogP contribution in [0.2, 0.25) is 5.02 Å². The highest BCUT2D eigenvalue weighted by molar-refractivity contribution is 6.31. The highest BCUT2D eigenvalue weighted by atomic mass is 35.5. The minimum atomic E-state index is -1.39. The van der Waals surface area contributed by atoms with Crippen molar-refractivity contribution in [1.29, 1.82) is 0 Å². The van der Waals surface area contributed by atoms with Gasteiger partial charge in [0.05, 0.1) is 15.9 Å². The predicted molar refractivity (Wildman–Crippen MR) is 89.3 cm³/mol. The van der Waals surface area contributed by atoms with Crippen LogP contribution in [0.25, 0.3) is 0 Å². The molecule has 0 heterocycles. The first-order valence-corrected chi connectivity index (χ1v) is 7.24. The van der Waals surface area contributed by atoms with Gasteiger partial charge in [-0.05, 0) is 19.1 Å². The van der Waals surface area contributed by atoms with E-state index >= 15 is 0 Å². The zero-order chi connectivity index (χ0) is 17.9. The van der Waals surface area contributed by atoms with E-state index in [4.69, 9.17) is 11.6 Å². The molecule has 1 unspecified atom stereocenters. The van der Waals surface area contributed by atoms with E-state index < -0.39 is 21.1 Å². The van der Waals surface area contributed by atoms with Gasteiger partial charge in [0, 0.05) is 23.2 Å². The summed E-state index contributed by atoms with van der Waals surface area (Å²) < 4.78 is 0. The van der Waals surface area contributed by atoms with Crippen molar-refractivity contribution in [2.45, 2.75) is 12.5 Å². The van der Waals surface area contributed by atoms with E-state index in [9.17, 15) is 25.3 Å². The van der Waals surface area contributed by atoms with Gasteiger partial charge in [-0.15, -0.1) is 0 Å². The molecule has 24 heavy (non-hydrogen) atoms. The van der Waals surface area contributed by atoms with Crippen molar-refractivity contribution in [2.24, 2.45) is 0 Å². The van der Waals surface area contributed by atoms with Gasteiger partial charge in [-0.3, -0.25) is 20.2 Å². The molecular weight excluding hydrogens is 338 g/mol. The van der Waals surface area contributed by atoms with Crippen molar-refractivity contribution < 1.29 is 15.0 Å². The topological polar surface area (TPSA) is 119 Å². The van der Waals surface area contributed by atoms with Gasteiger partial charge in [0.25, 0.3) is 11.4 Å². The molecule has 9 heteroatoms. The molecule has 2 N–H and O–H groups in total. The number of halogens is 1. The Balaban J connectivity index is 2.27. The number of non-ortho nitro benzene ring substituents is 1. The highest BCUT2D eigenvalue weighted by Gasteiger charge is 2.27. The molecule has 0 aromatic heterocycles. The third-order valence-corrected chi connectivity index (χ3v) is 3.80. The zero-order valence-electron chi connectivity index (χ0n) is 12.6. The molecule has 0 fully saturated rings. The molecule has 0 bridgehead atoms. The summed E-state index contributed by atoms with van der Waals surface area (Å²) in [4.78, 5) is 20.4. The molecule has 2 aromatic rings. The Bertz CT molecular complexity index is 794. The van der Waals surface area contributed by atoms with E-state index in [2.05, 4.69) is 5.32 Å². The zero-order valence-corrected chi connectivity index (χ0v) is 13.4. The third kappa shape index (κ3) is 3.79. The van der Waals surface area contributed by atoms with Gasteiger partial charge in [0.2, 0.25) is 0 Å². The van der Waals surface area contributed by atoms with Crippen LogP contribution in [0.15, 0.2) is 42.5 Å². The van der Waals surface area contributed by atoms with Gasteiger partial charge in [-0.25, -0.2) is 0 Å².